The second-order valence-electron chi connectivity index (χ2n) is 5.81. The molecule has 1 fully saturated rings. The van der Waals surface area contributed by atoms with E-state index in [0.717, 1.165) is 23.4 Å². The van der Waals surface area contributed by atoms with Gasteiger partial charge in [0.1, 0.15) is 6.04 Å². The van der Waals surface area contributed by atoms with Crippen molar-refractivity contribution in [3.63, 3.8) is 0 Å². The Kier molecular flexibility index (Phi) is 6.12. The van der Waals surface area contributed by atoms with Gasteiger partial charge in [0.05, 0.1) is 13.2 Å². The quantitative estimate of drug-likeness (QED) is 0.795. The summed E-state index contributed by atoms with van der Waals surface area (Å²) < 4.78 is 5.03. The van der Waals surface area contributed by atoms with Crippen LogP contribution in [0.1, 0.15) is 18.1 Å². The summed E-state index contributed by atoms with van der Waals surface area (Å²) >= 11 is 0. The van der Waals surface area contributed by atoms with Crippen LogP contribution in [0.2, 0.25) is 0 Å². The molecule has 2 rings (SSSR count). The summed E-state index contributed by atoms with van der Waals surface area (Å²) in [6, 6.07) is 5.56. The maximum absolute atomic E-state index is 12.3. The van der Waals surface area contributed by atoms with Gasteiger partial charge in [-0.3, -0.25) is 14.5 Å². The van der Waals surface area contributed by atoms with Crippen LogP contribution in [0.4, 0.5) is 5.69 Å². The SMILES string of the molecule is CCOC(=O)C1CN(CC(=O)Nc2c(C)cccc2C)CCN1. The number of hydrogen-bond donors (Lipinski definition) is 2. The van der Waals surface area contributed by atoms with Crippen molar-refractivity contribution in [3.05, 3.63) is 29.3 Å². The van der Waals surface area contributed by atoms with Crippen molar-refractivity contribution in [2.45, 2.75) is 26.8 Å². The van der Waals surface area contributed by atoms with Crippen molar-refractivity contribution in [2.75, 3.05) is 38.1 Å². The number of rotatable bonds is 5. The number of piperazine rings is 1. The number of aryl methyl sites for hydroxylation is 2. The van der Waals surface area contributed by atoms with Gasteiger partial charge in [0.25, 0.3) is 0 Å². The molecule has 1 unspecified atom stereocenters. The highest BCUT2D eigenvalue weighted by atomic mass is 16.5. The zero-order valence-corrected chi connectivity index (χ0v) is 14.0. The number of amides is 1. The fraction of sp³-hybridized carbons (Fsp3) is 0.529. The molecular weight excluding hydrogens is 294 g/mol. The summed E-state index contributed by atoms with van der Waals surface area (Å²) in [5.74, 6) is -0.320. The monoisotopic (exact) mass is 319 g/mol. The average Bonchev–Trinajstić information content (AvgIpc) is 2.51. The number of nitrogens with zero attached hydrogens (tertiary/aromatic N) is 1. The lowest BCUT2D eigenvalue weighted by atomic mass is 10.1. The molecule has 1 amide bonds. The van der Waals surface area contributed by atoms with Gasteiger partial charge in [-0.1, -0.05) is 18.2 Å². The van der Waals surface area contributed by atoms with Gasteiger partial charge in [-0.25, -0.2) is 0 Å². The molecular formula is C17H25N3O3. The Hall–Kier alpha value is -1.92. The van der Waals surface area contributed by atoms with E-state index in [4.69, 9.17) is 4.74 Å². The fourth-order valence-electron chi connectivity index (χ4n) is 2.75. The van der Waals surface area contributed by atoms with Crippen LogP contribution in [0.15, 0.2) is 18.2 Å². The number of carbonyl (C=O) groups excluding carboxylic acids is 2. The number of anilines is 1. The first-order chi connectivity index (χ1) is 11.0. The minimum atomic E-state index is -0.364. The first-order valence-electron chi connectivity index (χ1n) is 7.99. The van der Waals surface area contributed by atoms with Crippen LogP contribution < -0.4 is 10.6 Å². The number of ether oxygens (including phenoxy) is 1. The van der Waals surface area contributed by atoms with E-state index in [1.165, 1.54) is 0 Å². The van der Waals surface area contributed by atoms with Crippen molar-refractivity contribution in [2.24, 2.45) is 0 Å². The molecule has 0 aromatic heterocycles. The van der Waals surface area contributed by atoms with Crippen molar-refractivity contribution in [1.29, 1.82) is 0 Å². The lowest BCUT2D eigenvalue weighted by Crippen LogP contribution is -2.55. The molecule has 1 aliphatic rings. The average molecular weight is 319 g/mol. The molecule has 1 saturated heterocycles. The molecule has 6 heteroatoms. The molecule has 6 nitrogen and oxygen atoms in total. The summed E-state index contributed by atoms with van der Waals surface area (Å²) in [4.78, 5) is 26.1. The molecule has 23 heavy (non-hydrogen) atoms. The zero-order chi connectivity index (χ0) is 16.8. The molecule has 1 aromatic carbocycles. The lowest BCUT2D eigenvalue weighted by Gasteiger charge is -2.31. The molecule has 126 valence electrons. The van der Waals surface area contributed by atoms with Gasteiger partial charge >= 0.3 is 5.97 Å². The molecule has 0 aliphatic carbocycles. The van der Waals surface area contributed by atoms with Crippen LogP contribution in [0, 0.1) is 13.8 Å². The molecule has 1 aromatic rings. The summed E-state index contributed by atoms with van der Waals surface area (Å²) in [7, 11) is 0. The van der Waals surface area contributed by atoms with Crippen LogP contribution in [0.5, 0.6) is 0 Å². The Morgan fingerprint density at radius 2 is 2.04 bits per heavy atom. The highest BCUT2D eigenvalue weighted by molar-refractivity contribution is 5.93. The van der Waals surface area contributed by atoms with E-state index in [-0.39, 0.29) is 24.5 Å². The predicted octanol–water partition coefficient (Wildman–Crippen LogP) is 1.08. The third kappa shape index (κ3) is 4.77. The maximum Gasteiger partial charge on any atom is 0.324 e. The van der Waals surface area contributed by atoms with Crippen molar-refractivity contribution in [3.8, 4) is 0 Å². The highest BCUT2D eigenvalue weighted by Crippen LogP contribution is 2.19. The van der Waals surface area contributed by atoms with Gasteiger partial charge in [-0.05, 0) is 31.9 Å². The third-order valence-electron chi connectivity index (χ3n) is 3.94. The number of para-hydroxylation sites is 1. The van der Waals surface area contributed by atoms with E-state index in [1.807, 2.05) is 36.9 Å². The first-order valence-corrected chi connectivity index (χ1v) is 7.99. The molecule has 1 heterocycles. The van der Waals surface area contributed by atoms with Gasteiger partial charge < -0.3 is 15.4 Å². The van der Waals surface area contributed by atoms with Crippen LogP contribution in [0.3, 0.4) is 0 Å². The van der Waals surface area contributed by atoms with E-state index in [2.05, 4.69) is 10.6 Å². The van der Waals surface area contributed by atoms with E-state index in [1.54, 1.807) is 6.92 Å². The second kappa shape index (κ2) is 8.08. The summed E-state index contributed by atoms with van der Waals surface area (Å²) in [5.41, 5.74) is 2.96. The highest BCUT2D eigenvalue weighted by Gasteiger charge is 2.27. The summed E-state index contributed by atoms with van der Waals surface area (Å²) in [6.45, 7) is 8.26. The molecule has 0 saturated carbocycles. The van der Waals surface area contributed by atoms with Crippen LogP contribution in [0.25, 0.3) is 0 Å². The van der Waals surface area contributed by atoms with Crippen LogP contribution in [-0.4, -0.2) is 55.6 Å². The Morgan fingerprint density at radius 3 is 2.70 bits per heavy atom. The number of carbonyl (C=O) groups is 2. The summed E-state index contributed by atoms with van der Waals surface area (Å²) in [6.07, 6.45) is 0. The van der Waals surface area contributed by atoms with Gasteiger partial charge in [-0.2, -0.15) is 0 Å². The van der Waals surface area contributed by atoms with Crippen LogP contribution >= 0.6 is 0 Å². The molecule has 0 bridgehead atoms. The predicted molar refractivity (Wildman–Crippen MR) is 89.4 cm³/mol. The number of nitrogens with one attached hydrogen (secondary N) is 2. The summed E-state index contributed by atoms with van der Waals surface area (Å²) in [5, 5.41) is 6.10. The Morgan fingerprint density at radius 1 is 1.35 bits per heavy atom. The minimum Gasteiger partial charge on any atom is -0.465 e. The van der Waals surface area contributed by atoms with E-state index in [9.17, 15) is 9.59 Å². The molecule has 1 atom stereocenters. The van der Waals surface area contributed by atoms with E-state index in [0.29, 0.717) is 19.7 Å². The third-order valence-corrected chi connectivity index (χ3v) is 3.94. The number of hydrogen-bond acceptors (Lipinski definition) is 5. The minimum absolute atomic E-state index is 0.0630. The molecule has 2 N–H and O–H groups in total. The number of esters is 1. The fourth-order valence-corrected chi connectivity index (χ4v) is 2.75. The molecule has 0 spiro atoms. The standard InChI is InChI=1S/C17H25N3O3/c1-4-23-17(22)14-10-20(9-8-18-14)11-15(21)19-16-12(2)6-5-7-13(16)3/h5-7,14,18H,4,8-11H2,1-3H3,(H,19,21). The molecule has 0 radical (unpaired) electrons. The Bertz CT molecular complexity index is 554. The van der Waals surface area contributed by atoms with Gasteiger partial charge in [0.2, 0.25) is 5.91 Å². The smallest absolute Gasteiger partial charge is 0.324 e. The van der Waals surface area contributed by atoms with Crippen LogP contribution in [-0.2, 0) is 14.3 Å². The van der Waals surface area contributed by atoms with Crippen molar-refractivity contribution >= 4 is 17.6 Å². The topological polar surface area (TPSA) is 70.7 Å². The van der Waals surface area contributed by atoms with Gasteiger partial charge in [-0.15, -0.1) is 0 Å². The number of benzene rings is 1. The van der Waals surface area contributed by atoms with Gasteiger partial charge in [0, 0.05) is 25.3 Å². The first kappa shape index (κ1) is 17.4. The van der Waals surface area contributed by atoms with Gasteiger partial charge in [0.15, 0.2) is 0 Å². The zero-order valence-electron chi connectivity index (χ0n) is 14.0. The van der Waals surface area contributed by atoms with E-state index >= 15 is 0 Å². The van der Waals surface area contributed by atoms with Crippen molar-refractivity contribution in [1.82, 2.24) is 10.2 Å². The lowest BCUT2D eigenvalue weighted by molar-refractivity contribution is -0.147. The Balaban J connectivity index is 1.91. The Labute approximate surface area is 137 Å². The molecule has 1 aliphatic heterocycles. The van der Waals surface area contributed by atoms with E-state index < -0.39 is 0 Å². The maximum atomic E-state index is 12.3. The largest absolute Gasteiger partial charge is 0.465 e. The van der Waals surface area contributed by atoms with Crippen molar-refractivity contribution < 1.29 is 14.3 Å². The normalized spacial score (nSPS) is 18.5. The second-order valence-corrected chi connectivity index (χ2v) is 5.81.